The summed E-state index contributed by atoms with van der Waals surface area (Å²) >= 11 is 0. The van der Waals surface area contributed by atoms with Crippen LogP contribution in [0.2, 0.25) is 0 Å². The van der Waals surface area contributed by atoms with Crippen LogP contribution in [0.15, 0.2) is 12.4 Å². The predicted octanol–water partition coefficient (Wildman–Crippen LogP) is 0.377. The van der Waals surface area contributed by atoms with Crippen molar-refractivity contribution in [2.45, 2.75) is 45.7 Å². The van der Waals surface area contributed by atoms with Crippen LogP contribution >= 0.6 is 0 Å². The Balaban J connectivity index is 1.40. The molecule has 3 heterocycles. The molecule has 9 nitrogen and oxygen atoms in total. The molecule has 9 heteroatoms. The molecule has 136 valence electrons. The highest BCUT2D eigenvalue weighted by atomic mass is 16.2. The van der Waals surface area contributed by atoms with Gasteiger partial charge in [0.05, 0.1) is 6.54 Å². The van der Waals surface area contributed by atoms with Gasteiger partial charge in [-0.05, 0) is 48.7 Å². The molecule has 0 aliphatic carbocycles. The molecule has 25 heavy (non-hydrogen) atoms. The van der Waals surface area contributed by atoms with E-state index in [1.54, 1.807) is 17.1 Å². The lowest BCUT2D eigenvalue weighted by molar-refractivity contribution is -0.121. The van der Waals surface area contributed by atoms with E-state index in [0.717, 1.165) is 43.5 Å². The molecule has 2 aromatic rings. The van der Waals surface area contributed by atoms with E-state index >= 15 is 0 Å². The minimum Gasteiger partial charge on any atom is -0.354 e. The second-order valence-corrected chi connectivity index (χ2v) is 6.70. The molecule has 1 amide bonds. The van der Waals surface area contributed by atoms with Crippen LogP contribution in [-0.2, 0) is 24.3 Å². The highest BCUT2D eigenvalue weighted by Crippen LogP contribution is 2.17. The van der Waals surface area contributed by atoms with Gasteiger partial charge in [-0.1, -0.05) is 6.92 Å². The molecule has 1 fully saturated rings. The van der Waals surface area contributed by atoms with Crippen molar-refractivity contribution in [3.8, 4) is 0 Å². The largest absolute Gasteiger partial charge is 0.354 e. The number of aromatic nitrogens is 6. The molecule has 0 bridgehead atoms. The van der Waals surface area contributed by atoms with Gasteiger partial charge in [0.1, 0.15) is 12.4 Å². The molecule has 0 unspecified atom stereocenters. The second-order valence-electron chi connectivity index (χ2n) is 6.70. The van der Waals surface area contributed by atoms with Crippen LogP contribution in [0.4, 0.5) is 0 Å². The van der Waals surface area contributed by atoms with E-state index in [4.69, 9.17) is 0 Å². The molecule has 1 aliphatic rings. The minimum absolute atomic E-state index is 0.0692. The Morgan fingerprint density at radius 3 is 3.00 bits per heavy atom. The number of H-pyrrole nitrogens is 1. The number of nitrogens with zero attached hydrogens (tertiary/aromatic N) is 6. The lowest BCUT2D eigenvalue weighted by atomic mass is 9.99. The maximum atomic E-state index is 12.1. The summed E-state index contributed by atoms with van der Waals surface area (Å²) in [5, 5.41) is 14.7. The number of carbonyl (C=O) groups is 1. The van der Waals surface area contributed by atoms with Crippen molar-refractivity contribution < 1.29 is 4.79 Å². The number of rotatable bonds is 8. The van der Waals surface area contributed by atoms with Gasteiger partial charge in [0.25, 0.3) is 0 Å². The van der Waals surface area contributed by atoms with Crippen LogP contribution in [0.1, 0.15) is 37.8 Å². The Hall–Kier alpha value is -2.29. The maximum absolute atomic E-state index is 12.1. The summed E-state index contributed by atoms with van der Waals surface area (Å²) in [5.41, 5.74) is 0. The Bertz CT molecular complexity index is 645. The first-order valence-corrected chi connectivity index (χ1v) is 8.93. The SMILES string of the molecule is CC1CCN(Cc2nnnn2CC(=O)NCCCc2ncc[nH]2)CC1. The molecule has 0 saturated carbocycles. The zero-order valence-corrected chi connectivity index (χ0v) is 14.7. The van der Waals surface area contributed by atoms with Crippen molar-refractivity contribution >= 4 is 5.91 Å². The molecule has 0 aromatic carbocycles. The van der Waals surface area contributed by atoms with Crippen molar-refractivity contribution in [2.75, 3.05) is 19.6 Å². The van der Waals surface area contributed by atoms with E-state index in [1.165, 1.54) is 12.8 Å². The Morgan fingerprint density at radius 2 is 2.24 bits per heavy atom. The van der Waals surface area contributed by atoms with Crippen LogP contribution < -0.4 is 5.32 Å². The highest BCUT2D eigenvalue weighted by molar-refractivity contribution is 5.75. The third-order valence-corrected chi connectivity index (χ3v) is 4.61. The fourth-order valence-corrected chi connectivity index (χ4v) is 2.99. The first kappa shape index (κ1) is 17.5. The molecule has 3 rings (SSSR count). The van der Waals surface area contributed by atoms with Crippen molar-refractivity contribution in [1.29, 1.82) is 0 Å². The Kier molecular flexibility index (Phi) is 6.10. The van der Waals surface area contributed by atoms with Crippen LogP contribution in [0, 0.1) is 5.92 Å². The number of piperidine rings is 1. The van der Waals surface area contributed by atoms with Crippen LogP contribution in [-0.4, -0.2) is 60.6 Å². The smallest absolute Gasteiger partial charge is 0.241 e. The van der Waals surface area contributed by atoms with Gasteiger partial charge in [0.15, 0.2) is 5.82 Å². The normalized spacial score (nSPS) is 16.2. The van der Waals surface area contributed by atoms with Crippen LogP contribution in [0.5, 0.6) is 0 Å². The molecule has 1 saturated heterocycles. The number of amides is 1. The van der Waals surface area contributed by atoms with Crippen molar-refractivity contribution in [2.24, 2.45) is 5.92 Å². The van der Waals surface area contributed by atoms with Gasteiger partial charge in [0, 0.05) is 25.4 Å². The van der Waals surface area contributed by atoms with Crippen molar-refractivity contribution in [1.82, 2.24) is 40.4 Å². The van der Waals surface area contributed by atoms with E-state index in [-0.39, 0.29) is 12.5 Å². The first-order chi connectivity index (χ1) is 12.2. The summed E-state index contributed by atoms with van der Waals surface area (Å²) in [5.74, 6) is 2.41. The fraction of sp³-hybridized carbons (Fsp3) is 0.688. The fourth-order valence-electron chi connectivity index (χ4n) is 2.99. The van der Waals surface area contributed by atoms with Gasteiger partial charge in [0.2, 0.25) is 5.91 Å². The maximum Gasteiger partial charge on any atom is 0.241 e. The summed E-state index contributed by atoms with van der Waals surface area (Å²) in [6.45, 7) is 5.89. The number of hydrogen-bond acceptors (Lipinski definition) is 6. The number of aryl methyl sites for hydroxylation is 1. The average molecular weight is 346 g/mol. The van der Waals surface area contributed by atoms with Crippen LogP contribution in [0.25, 0.3) is 0 Å². The molecule has 1 aliphatic heterocycles. The van der Waals surface area contributed by atoms with Gasteiger partial charge in [-0.15, -0.1) is 5.10 Å². The van der Waals surface area contributed by atoms with Gasteiger partial charge in [-0.3, -0.25) is 9.69 Å². The quantitative estimate of drug-likeness (QED) is 0.670. The lowest BCUT2D eigenvalue weighted by Crippen LogP contribution is -2.34. The molecule has 0 radical (unpaired) electrons. The zero-order chi connectivity index (χ0) is 17.5. The third-order valence-electron chi connectivity index (χ3n) is 4.61. The summed E-state index contributed by atoms with van der Waals surface area (Å²) < 4.78 is 1.60. The zero-order valence-electron chi connectivity index (χ0n) is 14.7. The summed E-state index contributed by atoms with van der Waals surface area (Å²) in [6.07, 6.45) is 7.60. The van der Waals surface area contributed by atoms with E-state index in [2.05, 4.69) is 42.6 Å². The number of hydrogen-bond donors (Lipinski definition) is 2. The van der Waals surface area contributed by atoms with Crippen molar-refractivity contribution in [3.05, 3.63) is 24.0 Å². The summed E-state index contributed by atoms with van der Waals surface area (Å²) in [7, 11) is 0. The highest BCUT2D eigenvalue weighted by Gasteiger charge is 2.19. The Labute approximate surface area is 147 Å². The predicted molar refractivity (Wildman–Crippen MR) is 91.4 cm³/mol. The van der Waals surface area contributed by atoms with Crippen molar-refractivity contribution in [3.63, 3.8) is 0 Å². The number of tetrazole rings is 1. The van der Waals surface area contributed by atoms with E-state index in [0.29, 0.717) is 13.1 Å². The minimum atomic E-state index is -0.0692. The van der Waals surface area contributed by atoms with Gasteiger partial charge in [-0.2, -0.15) is 0 Å². The summed E-state index contributed by atoms with van der Waals surface area (Å²) in [6, 6.07) is 0. The number of imidazole rings is 1. The van der Waals surface area contributed by atoms with E-state index in [9.17, 15) is 4.79 Å². The standard InChI is InChI=1S/C16H26N8O/c1-13-4-9-23(10-5-13)11-15-20-21-22-24(15)12-16(25)19-6-2-3-14-17-7-8-18-14/h7-8,13H,2-6,9-12H2,1H3,(H,17,18)(H,19,25). The van der Waals surface area contributed by atoms with Crippen LogP contribution in [0.3, 0.4) is 0 Å². The Morgan fingerprint density at radius 1 is 1.40 bits per heavy atom. The lowest BCUT2D eigenvalue weighted by Gasteiger charge is -2.29. The number of carbonyl (C=O) groups excluding carboxylic acids is 1. The van der Waals surface area contributed by atoms with E-state index in [1.807, 2.05) is 0 Å². The topological polar surface area (TPSA) is 105 Å². The molecule has 0 atom stereocenters. The second kappa shape index (κ2) is 8.70. The number of likely N-dealkylation sites (tertiary alicyclic amines) is 1. The third kappa shape index (κ3) is 5.35. The van der Waals surface area contributed by atoms with Gasteiger partial charge < -0.3 is 10.3 Å². The molecule has 2 aromatic heterocycles. The number of nitrogens with one attached hydrogen (secondary N) is 2. The van der Waals surface area contributed by atoms with Gasteiger partial charge in [-0.25, -0.2) is 9.67 Å². The summed E-state index contributed by atoms with van der Waals surface area (Å²) in [4.78, 5) is 21.7. The first-order valence-electron chi connectivity index (χ1n) is 8.93. The monoisotopic (exact) mass is 346 g/mol. The number of aromatic amines is 1. The van der Waals surface area contributed by atoms with Gasteiger partial charge >= 0.3 is 0 Å². The molecule has 2 N–H and O–H groups in total. The average Bonchev–Trinajstić information content (AvgIpc) is 3.26. The molecule has 0 spiro atoms. The molecular formula is C16H26N8O. The van der Waals surface area contributed by atoms with E-state index < -0.39 is 0 Å². The molecular weight excluding hydrogens is 320 g/mol.